The molecule has 5 heteroatoms. The lowest BCUT2D eigenvalue weighted by atomic mass is 10.00. The van der Waals surface area contributed by atoms with Gasteiger partial charge in [0.25, 0.3) is 0 Å². The molecule has 0 amide bonds. The normalized spacial score (nSPS) is 11.3. The van der Waals surface area contributed by atoms with Gasteiger partial charge in [-0.1, -0.05) is 6.07 Å². The van der Waals surface area contributed by atoms with Crippen LogP contribution in [0.15, 0.2) is 30.5 Å². The first-order chi connectivity index (χ1) is 8.93. The molecule has 2 heterocycles. The van der Waals surface area contributed by atoms with Crippen LogP contribution in [0.3, 0.4) is 0 Å². The largest absolute Gasteiger partial charge is 0.383 e. The Hall–Kier alpha value is -2.27. The van der Waals surface area contributed by atoms with Crippen LogP contribution in [-0.4, -0.2) is 16.2 Å². The standard InChI is InChI=1S/C14H17N5/c1-14(2,17)12-5-3-4-11(19-12)9-6-7-18-13(16)10(9)8-15/h3-8,15H,17H2,1-2H3,(H2,16,18). The summed E-state index contributed by atoms with van der Waals surface area (Å²) in [5.41, 5.74) is 14.2. The summed E-state index contributed by atoms with van der Waals surface area (Å²) in [5.74, 6) is 0.326. The van der Waals surface area contributed by atoms with Crippen LogP contribution < -0.4 is 11.5 Å². The number of rotatable bonds is 3. The number of hydrogen-bond acceptors (Lipinski definition) is 5. The third-order valence-electron chi connectivity index (χ3n) is 2.85. The smallest absolute Gasteiger partial charge is 0.132 e. The highest BCUT2D eigenvalue weighted by Crippen LogP contribution is 2.25. The molecule has 0 fully saturated rings. The van der Waals surface area contributed by atoms with Gasteiger partial charge in [-0.25, -0.2) is 4.98 Å². The molecule has 19 heavy (non-hydrogen) atoms. The van der Waals surface area contributed by atoms with E-state index in [1.165, 1.54) is 6.21 Å². The number of anilines is 1. The summed E-state index contributed by atoms with van der Waals surface area (Å²) in [6, 6.07) is 7.46. The molecule has 0 bridgehead atoms. The molecule has 2 aromatic rings. The van der Waals surface area contributed by atoms with Gasteiger partial charge in [0, 0.05) is 23.5 Å². The highest BCUT2D eigenvalue weighted by atomic mass is 14.8. The minimum atomic E-state index is -0.514. The minimum absolute atomic E-state index is 0.326. The van der Waals surface area contributed by atoms with Crippen LogP contribution in [-0.2, 0) is 5.54 Å². The predicted molar refractivity (Wildman–Crippen MR) is 77.0 cm³/mol. The number of hydrogen-bond donors (Lipinski definition) is 3. The molecule has 98 valence electrons. The van der Waals surface area contributed by atoms with Crippen LogP contribution in [0.4, 0.5) is 5.82 Å². The molecule has 0 spiro atoms. The predicted octanol–water partition coefficient (Wildman–Crippen LogP) is 1.92. The van der Waals surface area contributed by atoms with Crippen molar-refractivity contribution in [3.8, 4) is 11.3 Å². The number of nitrogens with one attached hydrogen (secondary N) is 1. The van der Waals surface area contributed by atoms with E-state index in [4.69, 9.17) is 16.9 Å². The Balaban J connectivity index is 2.60. The van der Waals surface area contributed by atoms with Crippen molar-refractivity contribution in [2.75, 3.05) is 5.73 Å². The first-order valence-corrected chi connectivity index (χ1v) is 5.95. The lowest BCUT2D eigenvalue weighted by Gasteiger charge is -2.18. The molecule has 2 rings (SSSR count). The van der Waals surface area contributed by atoms with E-state index in [1.807, 2.05) is 32.0 Å². The Bertz CT molecular complexity index is 613. The van der Waals surface area contributed by atoms with Crippen molar-refractivity contribution in [2.24, 2.45) is 5.73 Å². The average molecular weight is 255 g/mol. The molecule has 0 unspecified atom stereocenters. The lowest BCUT2D eigenvalue weighted by molar-refractivity contribution is 0.536. The van der Waals surface area contributed by atoms with Gasteiger partial charge in [0.1, 0.15) is 5.82 Å². The van der Waals surface area contributed by atoms with Crippen LogP contribution >= 0.6 is 0 Å². The topological polar surface area (TPSA) is 102 Å². The zero-order valence-corrected chi connectivity index (χ0v) is 11.0. The van der Waals surface area contributed by atoms with E-state index < -0.39 is 5.54 Å². The van der Waals surface area contributed by atoms with Crippen LogP contribution in [0.5, 0.6) is 0 Å². The van der Waals surface area contributed by atoms with Crippen LogP contribution in [0.25, 0.3) is 11.3 Å². The molecule has 0 aromatic carbocycles. The molecular formula is C14H17N5. The second-order valence-electron chi connectivity index (χ2n) is 4.93. The maximum Gasteiger partial charge on any atom is 0.132 e. The van der Waals surface area contributed by atoms with Gasteiger partial charge < -0.3 is 16.9 Å². The monoisotopic (exact) mass is 255 g/mol. The average Bonchev–Trinajstić information content (AvgIpc) is 2.37. The summed E-state index contributed by atoms with van der Waals surface area (Å²) in [6.45, 7) is 3.80. The van der Waals surface area contributed by atoms with Gasteiger partial charge >= 0.3 is 0 Å². The van der Waals surface area contributed by atoms with Crippen molar-refractivity contribution in [2.45, 2.75) is 19.4 Å². The number of nitrogens with zero attached hydrogens (tertiary/aromatic N) is 2. The molecule has 0 saturated carbocycles. The van der Waals surface area contributed by atoms with Crippen molar-refractivity contribution in [3.63, 3.8) is 0 Å². The first kappa shape index (κ1) is 13.2. The fourth-order valence-electron chi connectivity index (χ4n) is 1.81. The Morgan fingerprint density at radius 3 is 2.63 bits per heavy atom. The van der Waals surface area contributed by atoms with Gasteiger partial charge in [-0.3, -0.25) is 4.98 Å². The van der Waals surface area contributed by atoms with Gasteiger partial charge in [-0.05, 0) is 32.0 Å². The highest BCUT2D eigenvalue weighted by Gasteiger charge is 2.17. The lowest BCUT2D eigenvalue weighted by Crippen LogP contribution is -2.29. The van der Waals surface area contributed by atoms with Gasteiger partial charge in [0.05, 0.1) is 16.9 Å². The molecule has 0 aliphatic heterocycles. The zero-order valence-electron chi connectivity index (χ0n) is 11.0. The Morgan fingerprint density at radius 1 is 1.26 bits per heavy atom. The molecule has 2 aromatic heterocycles. The summed E-state index contributed by atoms with van der Waals surface area (Å²) in [5, 5.41) is 7.45. The van der Waals surface area contributed by atoms with E-state index in [0.29, 0.717) is 11.4 Å². The van der Waals surface area contributed by atoms with Gasteiger partial charge in [-0.2, -0.15) is 0 Å². The van der Waals surface area contributed by atoms with E-state index in [9.17, 15) is 0 Å². The Labute approximate surface area is 112 Å². The van der Waals surface area contributed by atoms with E-state index in [-0.39, 0.29) is 0 Å². The SMILES string of the molecule is CC(C)(N)c1cccc(-c2ccnc(N)c2C=N)n1. The molecular weight excluding hydrogens is 238 g/mol. The van der Waals surface area contributed by atoms with Gasteiger partial charge in [-0.15, -0.1) is 0 Å². The summed E-state index contributed by atoms with van der Waals surface area (Å²) in [4.78, 5) is 8.53. The molecule has 0 saturated heterocycles. The van der Waals surface area contributed by atoms with Crippen molar-refractivity contribution in [1.82, 2.24) is 9.97 Å². The van der Waals surface area contributed by atoms with E-state index in [2.05, 4.69) is 9.97 Å². The number of nitrogen functional groups attached to an aromatic ring is 1. The molecule has 0 aliphatic carbocycles. The number of pyridine rings is 2. The molecule has 0 atom stereocenters. The maximum absolute atomic E-state index is 7.45. The fraction of sp³-hybridized carbons (Fsp3) is 0.214. The number of aromatic nitrogens is 2. The van der Waals surface area contributed by atoms with E-state index in [0.717, 1.165) is 17.0 Å². The summed E-state index contributed by atoms with van der Waals surface area (Å²) >= 11 is 0. The zero-order chi connectivity index (χ0) is 14.0. The third-order valence-corrected chi connectivity index (χ3v) is 2.85. The molecule has 5 nitrogen and oxygen atoms in total. The van der Waals surface area contributed by atoms with Crippen molar-refractivity contribution >= 4 is 12.0 Å². The Kier molecular flexibility index (Phi) is 3.31. The Morgan fingerprint density at radius 2 is 2.00 bits per heavy atom. The van der Waals surface area contributed by atoms with Gasteiger partial charge in [0.15, 0.2) is 0 Å². The molecule has 0 aliphatic rings. The number of nitrogens with two attached hydrogens (primary N) is 2. The van der Waals surface area contributed by atoms with Crippen molar-refractivity contribution in [1.29, 1.82) is 5.41 Å². The van der Waals surface area contributed by atoms with Crippen LogP contribution in [0.2, 0.25) is 0 Å². The highest BCUT2D eigenvalue weighted by molar-refractivity contribution is 5.92. The van der Waals surface area contributed by atoms with Crippen LogP contribution in [0.1, 0.15) is 25.1 Å². The van der Waals surface area contributed by atoms with Crippen LogP contribution in [0, 0.1) is 5.41 Å². The summed E-state index contributed by atoms with van der Waals surface area (Å²) in [7, 11) is 0. The molecule has 0 radical (unpaired) electrons. The summed E-state index contributed by atoms with van der Waals surface area (Å²) in [6.07, 6.45) is 2.80. The summed E-state index contributed by atoms with van der Waals surface area (Å²) < 4.78 is 0. The third kappa shape index (κ3) is 2.61. The second kappa shape index (κ2) is 4.78. The molecule has 5 N–H and O–H groups in total. The quantitative estimate of drug-likeness (QED) is 0.729. The van der Waals surface area contributed by atoms with Crippen molar-refractivity contribution < 1.29 is 0 Å². The van der Waals surface area contributed by atoms with E-state index in [1.54, 1.807) is 12.3 Å². The second-order valence-corrected chi connectivity index (χ2v) is 4.93. The van der Waals surface area contributed by atoms with Crippen molar-refractivity contribution in [3.05, 3.63) is 41.7 Å². The first-order valence-electron chi connectivity index (χ1n) is 5.95. The maximum atomic E-state index is 7.45. The van der Waals surface area contributed by atoms with Gasteiger partial charge in [0.2, 0.25) is 0 Å². The minimum Gasteiger partial charge on any atom is -0.383 e. The van der Waals surface area contributed by atoms with E-state index >= 15 is 0 Å². The fourth-order valence-corrected chi connectivity index (χ4v) is 1.81.